The highest BCUT2D eigenvalue weighted by Crippen LogP contribution is 2.19. The zero-order chi connectivity index (χ0) is 15.3. The molecule has 0 radical (unpaired) electrons. The maximum Gasteiger partial charge on any atom is 0.405 e. The number of carbonyl (C=O) groups excluding carboxylic acids is 1. The van der Waals surface area contributed by atoms with Gasteiger partial charge in [0.2, 0.25) is 0 Å². The second kappa shape index (κ2) is 6.75. The Morgan fingerprint density at radius 1 is 1.38 bits per heavy atom. The van der Waals surface area contributed by atoms with Crippen molar-refractivity contribution in [2.75, 3.05) is 13.2 Å². The van der Waals surface area contributed by atoms with E-state index in [2.05, 4.69) is 10.3 Å². The molecule has 1 heterocycles. The van der Waals surface area contributed by atoms with Gasteiger partial charge in [-0.25, -0.2) is 0 Å². The number of hydrogen-bond donors (Lipinski definition) is 2. The fourth-order valence-corrected chi connectivity index (χ4v) is 1.54. The van der Waals surface area contributed by atoms with Gasteiger partial charge in [-0.15, -0.1) is 0 Å². The number of amides is 1. The van der Waals surface area contributed by atoms with Crippen molar-refractivity contribution in [2.45, 2.75) is 31.6 Å². The molecule has 8 heteroatoms. The number of pyridine rings is 1. The van der Waals surface area contributed by atoms with Gasteiger partial charge in [0.15, 0.2) is 6.61 Å². The quantitative estimate of drug-likeness (QED) is 0.799. The normalized spacial score (nSPS) is 14.8. The lowest BCUT2D eigenvalue weighted by molar-refractivity contribution is -0.139. The summed E-state index contributed by atoms with van der Waals surface area (Å²) < 4.78 is 40.7. The average Bonchev–Trinajstić information content (AvgIpc) is 3.25. The van der Waals surface area contributed by atoms with Crippen molar-refractivity contribution in [1.29, 1.82) is 0 Å². The van der Waals surface area contributed by atoms with Crippen molar-refractivity contribution >= 4 is 5.91 Å². The van der Waals surface area contributed by atoms with Crippen LogP contribution in [0.15, 0.2) is 18.3 Å². The number of alkyl halides is 3. The van der Waals surface area contributed by atoms with Crippen molar-refractivity contribution in [2.24, 2.45) is 0 Å². The van der Waals surface area contributed by atoms with Gasteiger partial charge in [0.05, 0.1) is 11.9 Å². The van der Waals surface area contributed by atoms with Gasteiger partial charge in [0.1, 0.15) is 12.3 Å². The Kier molecular flexibility index (Phi) is 5.00. The van der Waals surface area contributed by atoms with Crippen molar-refractivity contribution in [3.05, 3.63) is 24.0 Å². The maximum absolute atomic E-state index is 11.9. The Morgan fingerprint density at radius 2 is 2.14 bits per heavy atom. The molecule has 0 atom stereocenters. The fourth-order valence-electron chi connectivity index (χ4n) is 1.54. The molecule has 2 rings (SSSR count). The van der Waals surface area contributed by atoms with Gasteiger partial charge in [-0.3, -0.25) is 9.78 Å². The third-order valence-corrected chi connectivity index (χ3v) is 2.80. The Bertz CT molecular complexity index is 473. The minimum atomic E-state index is -4.42. The molecule has 116 valence electrons. The van der Waals surface area contributed by atoms with Crippen LogP contribution in [0.1, 0.15) is 18.5 Å². The molecule has 1 aliphatic carbocycles. The first-order valence-electron chi connectivity index (χ1n) is 6.57. The van der Waals surface area contributed by atoms with Crippen LogP contribution >= 0.6 is 0 Å². The number of nitrogens with one attached hydrogen (secondary N) is 2. The van der Waals surface area contributed by atoms with E-state index in [9.17, 15) is 18.0 Å². The van der Waals surface area contributed by atoms with Crippen LogP contribution < -0.4 is 15.4 Å². The summed E-state index contributed by atoms with van der Waals surface area (Å²) in [7, 11) is 0. The molecule has 1 amide bonds. The lowest BCUT2D eigenvalue weighted by atomic mass is 10.3. The molecular weight excluding hydrogens is 287 g/mol. The molecule has 2 N–H and O–H groups in total. The van der Waals surface area contributed by atoms with Crippen LogP contribution in [0.3, 0.4) is 0 Å². The minimum Gasteiger partial charge on any atom is -0.482 e. The predicted octanol–water partition coefficient (Wildman–Crippen LogP) is 1.39. The van der Waals surface area contributed by atoms with Crippen LogP contribution in [0.2, 0.25) is 0 Å². The molecule has 1 aromatic heterocycles. The SMILES string of the molecule is O=C(COc1ccc(CNC2CC2)nc1)NCC(F)(F)F. The minimum absolute atomic E-state index is 0.340. The number of nitrogens with zero attached hydrogens (tertiary/aromatic N) is 1. The summed E-state index contributed by atoms with van der Waals surface area (Å²) in [6.07, 6.45) is -0.600. The molecular formula is C13H16F3N3O2. The largest absolute Gasteiger partial charge is 0.482 e. The summed E-state index contributed by atoms with van der Waals surface area (Å²) >= 11 is 0. The molecule has 0 aromatic carbocycles. The zero-order valence-corrected chi connectivity index (χ0v) is 11.2. The molecule has 0 spiro atoms. The van der Waals surface area contributed by atoms with Gasteiger partial charge in [-0.1, -0.05) is 0 Å². The Balaban J connectivity index is 1.68. The van der Waals surface area contributed by atoms with Gasteiger partial charge in [-0.05, 0) is 25.0 Å². The average molecular weight is 303 g/mol. The van der Waals surface area contributed by atoms with Gasteiger partial charge >= 0.3 is 6.18 Å². The van der Waals surface area contributed by atoms with Gasteiger partial charge < -0.3 is 15.4 Å². The number of hydrogen-bond acceptors (Lipinski definition) is 4. The lowest BCUT2D eigenvalue weighted by Gasteiger charge is -2.09. The molecule has 0 bridgehead atoms. The van der Waals surface area contributed by atoms with E-state index in [-0.39, 0.29) is 0 Å². The number of ether oxygens (including phenoxy) is 1. The zero-order valence-electron chi connectivity index (χ0n) is 11.2. The van der Waals surface area contributed by atoms with E-state index in [4.69, 9.17) is 4.74 Å². The third-order valence-electron chi connectivity index (χ3n) is 2.80. The third kappa shape index (κ3) is 6.44. The summed E-state index contributed by atoms with van der Waals surface area (Å²) in [5, 5.41) is 5.02. The molecule has 1 fully saturated rings. The van der Waals surface area contributed by atoms with Crippen LogP contribution in [0, 0.1) is 0 Å². The molecule has 0 unspecified atom stereocenters. The number of halogens is 3. The molecule has 1 aliphatic rings. The van der Waals surface area contributed by atoms with Crippen molar-refractivity contribution < 1.29 is 22.7 Å². The second-order valence-corrected chi connectivity index (χ2v) is 4.82. The predicted molar refractivity (Wildman–Crippen MR) is 68.7 cm³/mol. The van der Waals surface area contributed by atoms with Crippen molar-refractivity contribution in [1.82, 2.24) is 15.6 Å². The summed E-state index contributed by atoms with van der Waals surface area (Å²) in [5.41, 5.74) is 0.843. The standard InChI is InChI=1S/C13H16F3N3O2/c14-13(15,16)8-19-12(20)7-21-11-4-3-10(18-6-11)5-17-9-1-2-9/h3-4,6,9,17H,1-2,5,7-8H2,(H,19,20). The number of rotatable bonds is 7. The van der Waals surface area contributed by atoms with E-state index in [1.807, 2.05) is 0 Å². The Hall–Kier alpha value is -1.83. The van der Waals surface area contributed by atoms with Crippen molar-refractivity contribution in [3.63, 3.8) is 0 Å². The van der Waals surface area contributed by atoms with E-state index >= 15 is 0 Å². The molecule has 5 nitrogen and oxygen atoms in total. The topological polar surface area (TPSA) is 63.2 Å². The van der Waals surface area contributed by atoms with E-state index in [0.29, 0.717) is 18.3 Å². The van der Waals surface area contributed by atoms with E-state index in [0.717, 1.165) is 5.69 Å². The van der Waals surface area contributed by atoms with E-state index in [1.165, 1.54) is 19.0 Å². The second-order valence-electron chi connectivity index (χ2n) is 4.82. The monoisotopic (exact) mass is 303 g/mol. The van der Waals surface area contributed by atoms with Gasteiger partial charge in [0.25, 0.3) is 5.91 Å². The highest BCUT2D eigenvalue weighted by molar-refractivity contribution is 5.77. The number of carbonyl (C=O) groups is 1. The van der Waals surface area contributed by atoms with Gasteiger partial charge in [-0.2, -0.15) is 13.2 Å². The highest BCUT2D eigenvalue weighted by Gasteiger charge is 2.27. The highest BCUT2D eigenvalue weighted by atomic mass is 19.4. The first kappa shape index (κ1) is 15.6. The van der Waals surface area contributed by atoms with E-state index in [1.54, 1.807) is 17.4 Å². The summed E-state index contributed by atoms with van der Waals surface area (Å²) in [4.78, 5) is 15.3. The van der Waals surface area contributed by atoms with Crippen LogP contribution in [0.25, 0.3) is 0 Å². The van der Waals surface area contributed by atoms with Crippen LogP contribution in [-0.2, 0) is 11.3 Å². The molecule has 21 heavy (non-hydrogen) atoms. The molecule has 0 aliphatic heterocycles. The molecule has 1 aromatic rings. The van der Waals surface area contributed by atoms with Crippen molar-refractivity contribution in [3.8, 4) is 5.75 Å². The fraction of sp³-hybridized carbons (Fsp3) is 0.538. The molecule has 1 saturated carbocycles. The first-order valence-corrected chi connectivity index (χ1v) is 6.57. The maximum atomic E-state index is 11.9. The summed E-state index contributed by atoms with van der Waals surface area (Å²) in [6.45, 7) is -1.17. The smallest absolute Gasteiger partial charge is 0.405 e. The molecule has 0 saturated heterocycles. The first-order chi connectivity index (χ1) is 9.92. The van der Waals surface area contributed by atoms with E-state index < -0.39 is 25.2 Å². The lowest BCUT2D eigenvalue weighted by Crippen LogP contribution is -2.36. The summed E-state index contributed by atoms with van der Waals surface area (Å²) in [6, 6.07) is 3.96. The van der Waals surface area contributed by atoms with Crippen LogP contribution in [0.4, 0.5) is 13.2 Å². The van der Waals surface area contributed by atoms with Crippen LogP contribution in [-0.4, -0.2) is 36.3 Å². The van der Waals surface area contributed by atoms with Gasteiger partial charge in [0, 0.05) is 12.6 Å². The number of aromatic nitrogens is 1. The Morgan fingerprint density at radius 3 is 2.71 bits per heavy atom. The summed E-state index contributed by atoms with van der Waals surface area (Å²) in [5.74, 6) is -0.487. The van der Waals surface area contributed by atoms with Crippen LogP contribution in [0.5, 0.6) is 5.75 Å². The Labute approximate surface area is 119 Å².